The lowest BCUT2D eigenvalue weighted by Gasteiger charge is -2.37. The normalized spacial score (nSPS) is 31.1. The summed E-state index contributed by atoms with van der Waals surface area (Å²) in [6.45, 7) is 0.0422. The molecule has 1 unspecified atom stereocenters. The number of nitrogens with two attached hydrogens (primary N) is 1. The minimum atomic E-state index is -4.44. The van der Waals surface area contributed by atoms with Crippen molar-refractivity contribution in [3.05, 3.63) is 0 Å². The van der Waals surface area contributed by atoms with Gasteiger partial charge in [0.25, 0.3) is 0 Å². The van der Waals surface area contributed by atoms with E-state index < -0.39 is 18.3 Å². The molecule has 96 valence electrons. The standard InChI is InChI=1S/C10H19F3N2O/c1-9(6-16,10(11,12)13)15-8-4-2-7(14)3-5-8/h7-8,15-16H,2-6,14H2,1H3/t7-,8-,9?. The fourth-order valence-corrected chi connectivity index (χ4v) is 1.93. The summed E-state index contributed by atoms with van der Waals surface area (Å²) in [6, 6.07) is -0.108. The summed E-state index contributed by atoms with van der Waals surface area (Å²) in [7, 11) is 0. The van der Waals surface area contributed by atoms with Gasteiger partial charge in [0.1, 0.15) is 5.54 Å². The van der Waals surface area contributed by atoms with Crippen molar-refractivity contribution in [3.8, 4) is 0 Å². The summed E-state index contributed by atoms with van der Waals surface area (Å²) >= 11 is 0. The van der Waals surface area contributed by atoms with Crippen molar-refractivity contribution in [1.82, 2.24) is 5.32 Å². The molecule has 0 radical (unpaired) electrons. The molecule has 0 heterocycles. The van der Waals surface area contributed by atoms with Gasteiger partial charge in [-0.25, -0.2) is 0 Å². The maximum atomic E-state index is 12.7. The van der Waals surface area contributed by atoms with Crippen molar-refractivity contribution >= 4 is 0 Å². The second kappa shape index (κ2) is 4.89. The van der Waals surface area contributed by atoms with Crippen LogP contribution in [-0.4, -0.2) is 35.5 Å². The van der Waals surface area contributed by atoms with Crippen LogP contribution < -0.4 is 11.1 Å². The molecule has 1 saturated carbocycles. The molecule has 0 aromatic rings. The first-order valence-corrected chi connectivity index (χ1v) is 5.49. The third-order valence-electron chi connectivity index (χ3n) is 3.24. The molecular weight excluding hydrogens is 221 g/mol. The predicted octanol–water partition coefficient (Wildman–Crippen LogP) is 1.16. The molecule has 1 fully saturated rings. The van der Waals surface area contributed by atoms with Crippen molar-refractivity contribution in [2.24, 2.45) is 5.73 Å². The largest absolute Gasteiger partial charge is 0.408 e. The third kappa shape index (κ3) is 3.09. The average Bonchev–Trinajstić information content (AvgIpc) is 2.19. The number of halogens is 3. The van der Waals surface area contributed by atoms with E-state index in [2.05, 4.69) is 5.32 Å². The number of rotatable bonds is 3. The van der Waals surface area contributed by atoms with Crippen LogP contribution >= 0.6 is 0 Å². The first-order valence-electron chi connectivity index (χ1n) is 5.49. The Morgan fingerprint density at radius 1 is 1.25 bits per heavy atom. The highest BCUT2D eigenvalue weighted by molar-refractivity contribution is 4.94. The fourth-order valence-electron chi connectivity index (χ4n) is 1.93. The van der Waals surface area contributed by atoms with Gasteiger partial charge in [0, 0.05) is 12.1 Å². The lowest BCUT2D eigenvalue weighted by atomic mass is 9.89. The molecule has 0 aromatic heterocycles. The Labute approximate surface area is 93.2 Å². The highest BCUT2D eigenvalue weighted by Gasteiger charge is 2.51. The Hall–Kier alpha value is -0.330. The maximum absolute atomic E-state index is 12.7. The van der Waals surface area contributed by atoms with Crippen LogP contribution in [0.5, 0.6) is 0 Å². The quantitative estimate of drug-likeness (QED) is 0.693. The van der Waals surface area contributed by atoms with E-state index in [4.69, 9.17) is 10.8 Å². The molecule has 1 atom stereocenters. The Kier molecular flexibility index (Phi) is 4.20. The molecule has 16 heavy (non-hydrogen) atoms. The molecule has 1 aliphatic carbocycles. The zero-order valence-corrected chi connectivity index (χ0v) is 9.35. The number of hydrogen-bond donors (Lipinski definition) is 3. The van der Waals surface area contributed by atoms with Gasteiger partial charge in [-0.05, 0) is 32.6 Å². The topological polar surface area (TPSA) is 58.3 Å². The fraction of sp³-hybridized carbons (Fsp3) is 1.00. The maximum Gasteiger partial charge on any atom is 0.408 e. The molecular formula is C10H19F3N2O. The Balaban J connectivity index is 2.57. The van der Waals surface area contributed by atoms with Gasteiger partial charge in [0.2, 0.25) is 0 Å². The first-order chi connectivity index (χ1) is 7.28. The summed E-state index contributed by atoms with van der Waals surface area (Å²) in [4.78, 5) is 0. The SMILES string of the molecule is CC(CO)(N[C@H]1CC[C@H](N)CC1)C(F)(F)F. The summed E-state index contributed by atoms with van der Waals surface area (Å²) in [5.41, 5.74) is 3.47. The van der Waals surface area contributed by atoms with E-state index in [1.54, 1.807) is 0 Å². The summed E-state index contributed by atoms with van der Waals surface area (Å²) < 4.78 is 38.1. The van der Waals surface area contributed by atoms with Gasteiger partial charge in [0.15, 0.2) is 0 Å². The number of alkyl halides is 3. The van der Waals surface area contributed by atoms with Crippen molar-refractivity contribution in [2.45, 2.75) is 56.4 Å². The number of aliphatic hydroxyl groups excluding tert-OH is 1. The van der Waals surface area contributed by atoms with E-state index in [0.29, 0.717) is 12.8 Å². The van der Waals surface area contributed by atoms with E-state index in [1.165, 1.54) is 0 Å². The molecule has 3 nitrogen and oxygen atoms in total. The van der Waals surface area contributed by atoms with E-state index in [-0.39, 0.29) is 12.1 Å². The number of nitrogens with one attached hydrogen (secondary N) is 1. The Morgan fingerprint density at radius 3 is 2.12 bits per heavy atom. The average molecular weight is 240 g/mol. The van der Waals surface area contributed by atoms with Crippen molar-refractivity contribution in [1.29, 1.82) is 0 Å². The van der Waals surface area contributed by atoms with Gasteiger partial charge in [0.05, 0.1) is 6.61 Å². The molecule has 0 amide bonds. The molecule has 6 heteroatoms. The molecule has 0 bridgehead atoms. The van der Waals surface area contributed by atoms with Crippen LogP contribution in [-0.2, 0) is 0 Å². The van der Waals surface area contributed by atoms with E-state index in [1.807, 2.05) is 0 Å². The molecule has 0 saturated heterocycles. The smallest absolute Gasteiger partial charge is 0.394 e. The second-order valence-electron chi connectivity index (χ2n) is 4.74. The second-order valence-corrected chi connectivity index (χ2v) is 4.74. The van der Waals surface area contributed by atoms with Gasteiger partial charge in [-0.3, -0.25) is 5.32 Å². The van der Waals surface area contributed by atoms with Gasteiger partial charge < -0.3 is 10.8 Å². The summed E-state index contributed by atoms with van der Waals surface area (Å²) in [6.07, 6.45) is -1.71. The zero-order chi connectivity index (χ0) is 12.4. The summed E-state index contributed by atoms with van der Waals surface area (Å²) in [5, 5.41) is 11.4. The molecule has 0 aliphatic heterocycles. The van der Waals surface area contributed by atoms with Gasteiger partial charge >= 0.3 is 6.18 Å². The predicted molar refractivity (Wildman–Crippen MR) is 54.9 cm³/mol. The molecule has 1 rings (SSSR count). The third-order valence-corrected chi connectivity index (χ3v) is 3.24. The van der Waals surface area contributed by atoms with Crippen LogP contribution in [0.1, 0.15) is 32.6 Å². The molecule has 1 aliphatic rings. The van der Waals surface area contributed by atoms with Crippen LogP contribution in [0.4, 0.5) is 13.2 Å². The molecule has 0 aromatic carbocycles. The monoisotopic (exact) mass is 240 g/mol. The highest BCUT2D eigenvalue weighted by atomic mass is 19.4. The minimum Gasteiger partial charge on any atom is -0.394 e. The van der Waals surface area contributed by atoms with Crippen LogP contribution in [0.15, 0.2) is 0 Å². The number of hydrogen-bond acceptors (Lipinski definition) is 3. The van der Waals surface area contributed by atoms with E-state index in [9.17, 15) is 13.2 Å². The zero-order valence-electron chi connectivity index (χ0n) is 9.35. The van der Waals surface area contributed by atoms with Crippen LogP contribution in [0.25, 0.3) is 0 Å². The molecule has 0 spiro atoms. The van der Waals surface area contributed by atoms with Gasteiger partial charge in [-0.2, -0.15) is 13.2 Å². The van der Waals surface area contributed by atoms with E-state index in [0.717, 1.165) is 19.8 Å². The highest BCUT2D eigenvalue weighted by Crippen LogP contribution is 2.31. The van der Waals surface area contributed by atoms with Crippen molar-refractivity contribution in [2.75, 3.05) is 6.61 Å². The number of aliphatic hydroxyl groups is 1. The summed E-state index contributed by atoms with van der Waals surface area (Å²) in [5.74, 6) is 0. The van der Waals surface area contributed by atoms with Gasteiger partial charge in [-0.15, -0.1) is 0 Å². The van der Waals surface area contributed by atoms with Crippen LogP contribution in [0.3, 0.4) is 0 Å². The van der Waals surface area contributed by atoms with Crippen molar-refractivity contribution in [3.63, 3.8) is 0 Å². The minimum absolute atomic E-state index is 0.101. The Bertz CT molecular complexity index is 227. The van der Waals surface area contributed by atoms with Crippen LogP contribution in [0.2, 0.25) is 0 Å². The molecule has 4 N–H and O–H groups in total. The van der Waals surface area contributed by atoms with Crippen molar-refractivity contribution < 1.29 is 18.3 Å². The van der Waals surface area contributed by atoms with Crippen LogP contribution in [0, 0.1) is 0 Å². The van der Waals surface area contributed by atoms with E-state index >= 15 is 0 Å². The lowest BCUT2D eigenvalue weighted by Crippen LogP contribution is -2.61. The Morgan fingerprint density at radius 2 is 1.75 bits per heavy atom. The first kappa shape index (κ1) is 13.7. The lowest BCUT2D eigenvalue weighted by molar-refractivity contribution is -0.204. The van der Waals surface area contributed by atoms with Gasteiger partial charge in [-0.1, -0.05) is 0 Å².